The lowest BCUT2D eigenvalue weighted by Gasteiger charge is -2.36. The van der Waals surface area contributed by atoms with Gasteiger partial charge in [-0.1, -0.05) is 77.5 Å². The van der Waals surface area contributed by atoms with E-state index in [1.807, 2.05) is 0 Å². The van der Waals surface area contributed by atoms with Gasteiger partial charge in [0.2, 0.25) is 0 Å². The number of carbonyl (C=O) groups excluding carboxylic acids is 2. The second-order valence-electron chi connectivity index (χ2n) is 8.37. The SMILES string of the molecule is CCCCCCCCCCSC1=NC2C(C(=O)NC(=O)N2C)N1CCC(C)C. The number of amidine groups is 1. The van der Waals surface area contributed by atoms with Crippen molar-refractivity contribution in [2.75, 3.05) is 19.3 Å². The molecule has 2 aliphatic rings. The summed E-state index contributed by atoms with van der Waals surface area (Å²) in [6.45, 7) is 7.43. The minimum Gasteiger partial charge on any atom is -0.336 e. The Morgan fingerprint density at radius 1 is 1.07 bits per heavy atom. The molecule has 0 aromatic heterocycles. The molecule has 0 spiro atoms. The lowest BCUT2D eigenvalue weighted by atomic mass is 10.1. The summed E-state index contributed by atoms with van der Waals surface area (Å²) < 4.78 is 0. The van der Waals surface area contributed by atoms with Crippen LogP contribution in [0.25, 0.3) is 0 Å². The van der Waals surface area contributed by atoms with E-state index in [1.165, 1.54) is 51.4 Å². The molecule has 2 unspecified atom stereocenters. The summed E-state index contributed by atoms with van der Waals surface area (Å²) >= 11 is 1.75. The van der Waals surface area contributed by atoms with Crippen LogP contribution < -0.4 is 5.32 Å². The molecule has 0 aliphatic carbocycles. The van der Waals surface area contributed by atoms with E-state index < -0.39 is 6.17 Å². The molecule has 2 aliphatic heterocycles. The highest BCUT2D eigenvalue weighted by Crippen LogP contribution is 2.29. The predicted octanol–water partition coefficient (Wildman–Crippen LogP) is 4.45. The van der Waals surface area contributed by atoms with Gasteiger partial charge >= 0.3 is 6.03 Å². The Bertz CT molecular complexity index is 553. The Morgan fingerprint density at radius 2 is 1.71 bits per heavy atom. The molecule has 0 radical (unpaired) electrons. The topological polar surface area (TPSA) is 65.0 Å². The van der Waals surface area contributed by atoms with Gasteiger partial charge in [0.25, 0.3) is 5.91 Å². The van der Waals surface area contributed by atoms with Crippen molar-refractivity contribution >= 4 is 28.9 Å². The van der Waals surface area contributed by atoms with E-state index in [1.54, 1.807) is 23.7 Å². The number of imide groups is 1. The minimum atomic E-state index is -0.394. The zero-order chi connectivity index (χ0) is 20.5. The van der Waals surface area contributed by atoms with Gasteiger partial charge in [0.1, 0.15) is 0 Å². The first kappa shape index (κ1) is 23.0. The molecule has 160 valence electrons. The van der Waals surface area contributed by atoms with E-state index in [-0.39, 0.29) is 18.0 Å². The highest BCUT2D eigenvalue weighted by molar-refractivity contribution is 8.13. The van der Waals surface area contributed by atoms with Crippen LogP contribution in [0.3, 0.4) is 0 Å². The fraction of sp³-hybridized carbons (Fsp3) is 0.857. The second-order valence-corrected chi connectivity index (χ2v) is 9.44. The Kier molecular flexibility index (Phi) is 9.62. The number of nitrogens with one attached hydrogen (secondary N) is 1. The first-order valence-electron chi connectivity index (χ1n) is 11.0. The average molecular weight is 411 g/mol. The van der Waals surface area contributed by atoms with Crippen LogP contribution in [-0.2, 0) is 4.79 Å². The Hall–Kier alpha value is -1.24. The van der Waals surface area contributed by atoms with Gasteiger partial charge in [-0.25, -0.2) is 9.79 Å². The summed E-state index contributed by atoms with van der Waals surface area (Å²) in [7, 11) is 1.72. The maximum absolute atomic E-state index is 12.5. The first-order valence-corrected chi connectivity index (χ1v) is 12.0. The molecule has 0 aromatic carbocycles. The average Bonchev–Trinajstić information content (AvgIpc) is 3.02. The van der Waals surface area contributed by atoms with Crippen molar-refractivity contribution in [1.29, 1.82) is 0 Å². The summed E-state index contributed by atoms with van der Waals surface area (Å²) in [5.74, 6) is 1.36. The fourth-order valence-electron chi connectivity index (χ4n) is 3.65. The molecule has 6 nitrogen and oxygen atoms in total. The maximum Gasteiger partial charge on any atom is 0.325 e. The zero-order valence-electron chi connectivity index (χ0n) is 18.1. The summed E-state index contributed by atoms with van der Waals surface area (Å²) in [6.07, 6.45) is 11.1. The molecule has 0 saturated carbocycles. The standard InChI is InChI=1S/C21H38N4O2S/c1-5-6-7-8-9-10-11-12-15-28-21-22-18-17(25(21)14-13-16(2)3)19(26)23-20(27)24(18)4/h16-18H,5-15H2,1-4H3,(H,23,26,27). The van der Waals surface area contributed by atoms with E-state index in [0.29, 0.717) is 5.92 Å². The summed E-state index contributed by atoms with van der Waals surface area (Å²) in [5.41, 5.74) is 0. The van der Waals surface area contributed by atoms with Crippen molar-refractivity contribution in [1.82, 2.24) is 15.1 Å². The van der Waals surface area contributed by atoms with Crippen molar-refractivity contribution in [2.45, 2.75) is 90.8 Å². The molecular weight excluding hydrogens is 372 g/mol. The molecule has 1 fully saturated rings. The Morgan fingerprint density at radius 3 is 2.36 bits per heavy atom. The second kappa shape index (κ2) is 11.7. The summed E-state index contributed by atoms with van der Waals surface area (Å²) in [6, 6.07) is -0.740. The van der Waals surface area contributed by atoms with Gasteiger partial charge < -0.3 is 9.80 Å². The van der Waals surface area contributed by atoms with Crippen LogP contribution >= 0.6 is 11.8 Å². The number of aliphatic imine (C=N–C) groups is 1. The van der Waals surface area contributed by atoms with Crippen molar-refractivity contribution in [3.05, 3.63) is 0 Å². The zero-order valence-corrected chi connectivity index (χ0v) is 18.9. The normalized spacial score (nSPS) is 22.0. The van der Waals surface area contributed by atoms with Crippen LogP contribution in [0.1, 0.15) is 78.6 Å². The number of carbonyl (C=O) groups is 2. The Labute approximate surface area is 174 Å². The number of nitrogens with zero attached hydrogens (tertiary/aromatic N) is 3. The molecule has 0 bridgehead atoms. The lowest BCUT2D eigenvalue weighted by Crippen LogP contribution is -2.63. The fourth-order valence-corrected chi connectivity index (χ4v) is 4.74. The Balaban J connectivity index is 1.84. The molecule has 7 heteroatoms. The molecule has 1 saturated heterocycles. The third-order valence-corrected chi connectivity index (χ3v) is 6.59. The van der Waals surface area contributed by atoms with E-state index in [9.17, 15) is 9.59 Å². The third-order valence-electron chi connectivity index (χ3n) is 5.50. The molecule has 3 amide bonds. The monoisotopic (exact) mass is 410 g/mol. The first-order chi connectivity index (χ1) is 13.5. The van der Waals surface area contributed by atoms with Gasteiger partial charge in [0.15, 0.2) is 17.4 Å². The van der Waals surface area contributed by atoms with Crippen molar-refractivity contribution in [3.63, 3.8) is 0 Å². The van der Waals surface area contributed by atoms with Crippen LogP contribution in [0.15, 0.2) is 4.99 Å². The van der Waals surface area contributed by atoms with E-state index in [4.69, 9.17) is 4.99 Å². The number of hydrogen-bond donors (Lipinski definition) is 1. The van der Waals surface area contributed by atoms with Crippen molar-refractivity contribution in [3.8, 4) is 0 Å². The van der Waals surface area contributed by atoms with Crippen molar-refractivity contribution in [2.24, 2.45) is 10.9 Å². The van der Waals surface area contributed by atoms with Crippen LogP contribution in [0.5, 0.6) is 0 Å². The van der Waals surface area contributed by atoms with Crippen LogP contribution in [0.4, 0.5) is 4.79 Å². The van der Waals surface area contributed by atoms with E-state index in [0.717, 1.165) is 23.9 Å². The number of amides is 3. The van der Waals surface area contributed by atoms with Crippen LogP contribution in [0, 0.1) is 5.92 Å². The van der Waals surface area contributed by atoms with Gasteiger partial charge in [-0.3, -0.25) is 10.1 Å². The quantitative estimate of drug-likeness (QED) is 0.483. The van der Waals surface area contributed by atoms with E-state index >= 15 is 0 Å². The number of likely N-dealkylation sites (N-methyl/N-ethyl adjacent to an activating group) is 1. The third kappa shape index (κ3) is 6.39. The van der Waals surface area contributed by atoms with Crippen molar-refractivity contribution < 1.29 is 9.59 Å². The molecule has 2 atom stereocenters. The number of fused-ring (bicyclic) bond motifs is 1. The summed E-state index contributed by atoms with van der Waals surface area (Å²) in [4.78, 5) is 32.9. The lowest BCUT2D eigenvalue weighted by molar-refractivity contribution is -0.127. The van der Waals surface area contributed by atoms with Gasteiger partial charge in [-0.15, -0.1) is 0 Å². The van der Waals surface area contributed by atoms with Crippen LogP contribution in [0.2, 0.25) is 0 Å². The molecule has 0 aromatic rings. The molecule has 1 N–H and O–H groups in total. The number of unbranched alkanes of at least 4 members (excludes halogenated alkanes) is 7. The van der Waals surface area contributed by atoms with Gasteiger partial charge in [0.05, 0.1) is 0 Å². The molecular formula is C21H38N4O2S. The maximum atomic E-state index is 12.5. The molecule has 2 heterocycles. The largest absolute Gasteiger partial charge is 0.336 e. The highest BCUT2D eigenvalue weighted by atomic mass is 32.2. The van der Waals surface area contributed by atoms with Gasteiger partial charge in [0, 0.05) is 19.3 Å². The van der Waals surface area contributed by atoms with Crippen LogP contribution in [-0.4, -0.2) is 58.5 Å². The van der Waals surface area contributed by atoms with Gasteiger partial charge in [-0.05, 0) is 18.8 Å². The number of urea groups is 1. The highest BCUT2D eigenvalue weighted by Gasteiger charge is 2.48. The minimum absolute atomic E-state index is 0.219. The molecule has 2 rings (SSSR count). The number of rotatable bonds is 12. The predicted molar refractivity (Wildman–Crippen MR) is 118 cm³/mol. The number of hydrogen-bond acceptors (Lipinski definition) is 5. The van der Waals surface area contributed by atoms with Gasteiger partial charge in [-0.2, -0.15) is 0 Å². The summed E-state index contributed by atoms with van der Waals surface area (Å²) in [5, 5.41) is 3.39. The van der Waals surface area contributed by atoms with E-state index in [2.05, 4.69) is 31.0 Å². The number of thioether (sulfide) groups is 1. The molecule has 28 heavy (non-hydrogen) atoms. The smallest absolute Gasteiger partial charge is 0.325 e.